The number of ether oxygens (including phenoxy) is 2. The first kappa shape index (κ1) is 15.4. The molecule has 0 atom stereocenters. The quantitative estimate of drug-likeness (QED) is 0.553. The van der Waals surface area contributed by atoms with Gasteiger partial charge in [0.15, 0.2) is 0 Å². The van der Waals surface area contributed by atoms with Crippen LogP contribution in [0.2, 0.25) is 0 Å². The summed E-state index contributed by atoms with van der Waals surface area (Å²) in [4.78, 5) is 13.9. The summed E-state index contributed by atoms with van der Waals surface area (Å²) in [5, 5.41) is 3.36. The zero-order valence-corrected chi connectivity index (χ0v) is 11.6. The molecule has 5 heteroatoms. The molecule has 0 aliphatic heterocycles. The van der Waals surface area contributed by atoms with E-state index in [1.54, 1.807) is 14.2 Å². The normalized spacial score (nSPS) is 14.8. The largest absolute Gasteiger partial charge is 0.385 e. The lowest BCUT2D eigenvalue weighted by molar-refractivity contribution is -0.131. The van der Waals surface area contributed by atoms with Crippen LogP contribution in [0.15, 0.2) is 0 Å². The summed E-state index contributed by atoms with van der Waals surface area (Å²) in [6, 6.07) is 0.665. The number of carbonyl (C=O) groups excluding carboxylic acids is 1. The second-order valence-corrected chi connectivity index (χ2v) is 4.70. The number of carbonyl (C=O) groups is 1. The van der Waals surface area contributed by atoms with Gasteiger partial charge in [-0.15, -0.1) is 0 Å². The van der Waals surface area contributed by atoms with Crippen LogP contribution in [-0.2, 0) is 14.3 Å². The van der Waals surface area contributed by atoms with Gasteiger partial charge in [-0.1, -0.05) is 0 Å². The van der Waals surface area contributed by atoms with E-state index < -0.39 is 0 Å². The topological polar surface area (TPSA) is 50.8 Å². The minimum absolute atomic E-state index is 0.205. The van der Waals surface area contributed by atoms with Crippen molar-refractivity contribution in [2.45, 2.75) is 31.7 Å². The van der Waals surface area contributed by atoms with Crippen LogP contribution >= 0.6 is 0 Å². The van der Waals surface area contributed by atoms with Crippen molar-refractivity contribution in [2.75, 3.05) is 47.1 Å². The van der Waals surface area contributed by atoms with E-state index in [0.29, 0.717) is 32.2 Å². The molecule has 106 valence electrons. The number of hydrogen-bond donors (Lipinski definition) is 1. The first-order chi connectivity index (χ1) is 8.77. The van der Waals surface area contributed by atoms with E-state index in [1.165, 1.54) is 12.8 Å². The van der Waals surface area contributed by atoms with Crippen LogP contribution in [0.1, 0.15) is 25.7 Å². The summed E-state index contributed by atoms with van der Waals surface area (Å²) >= 11 is 0. The average molecular weight is 258 g/mol. The smallest absolute Gasteiger partial charge is 0.223 e. The van der Waals surface area contributed by atoms with Gasteiger partial charge in [0.25, 0.3) is 0 Å². The van der Waals surface area contributed by atoms with Gasteiger partial charge in [-0.3, -0.25) is 4.79 Å². The number of amides is 1. The van der Waals surface area contributed by atoms with Crippen molar-refractivity contribution in [3.63, 3.8) is 0 Å². The fourth-order valence-electron chi connectivity index (χ4n) is 1.79. The van der Waals surface area contributed by atoms with Gasteiger partial charge in [-0.25, -0.2) is 0 Å². The minimum Gasteiger partial charge on any atom is -0.385 e. The standard InChI is InChI=1S/C13H26N2O3/c1-17-10-3-8-15(9-11-18-2)13(16)6-7-14-12-4-5-12/h12,14H,3-11H2,1-2H3. The van der Waals surface area contributed by atoms with Crippen LogP contribution in [0.5, 0.6) is 0 Å². The summed E-state index contributed by atoms with van der Waals surface area (Å²) in [6.45, 7) is 3.49. The number of rotatable bonds is 11. The highest BCUT2D eigenvalue weighted by atomic mass is 16.5. The molecule has 0 spiro atoms. The van der Waals surface area contributed by atoms with Gasteiger partial charge in [0.1, 0.15) is 0 Å². The van der Waals surface area contributed by atoms with Gasteiger partial charge in [-0.05, 0) is 19.3 Å². The molecule has 18 heavy (non-hydrogen) atoms. The van der Waals surface area contributed by atoms with Crippen LogP contribution < -0.4 is 5.32 Å². The van der Waals surface area contributed by atoms with Crippen molar-refractivity contribution >= 4 is 5.91 Å². The molecule has 5 nitrogen and oxygen atoms in total. The van der Waals surface area contributed by atoms with Gasteiger partial charge in [0.2, 0.25) is 5.91 Å². The Morgan fingerprint density at radius 1 is 1.22 bits per heavy atom. The van der Waals surface area contributed by atoms with Crippen molar-refractivity contribution in [3.05, 3.63) is 0 Å². The summed E-state index contributed by atoms with van der Waals surface area (Å²) in [5.74, 6) is 0.205. The van der Waals surface area contributed by atoms with Crippen LogP contribution in [0.3, 0.4) is 0 Å². The molecule has 0 radical (unpaired) electrons. The Morgan fingerprint density at radius 2 is 1.94 bits per heavy atom. The maximum absolute atomic E-state index is 12.0. The van der Waals surface area contributed by atoms with E-state index in [9.17, 15) is 4.79 Å². The van der Waals surface area contributed by atoms with E-state index in [-0.39, 0.29) is 5.91 Å². The molecule has 0 aromatic heterocycles. The van der Waals surface area contributed by atoms with E-state index >= 15 is 0 Å². The number of hydrogen-bond acceptors (Lipinski definition) is 4. The number of nitrogens with one attached hydrogen (secondary N) is 1. The first-order valence-corrected chi connectivity index (χ1v) is 6.77. The predicted molar refractivity (Wildman–Crippen MR) is 70.6 cm³/mol. The second-order valence-electron chi connectivity index (χ2n) is 4.70. The van der Waals surface area contributed by atoms with Crippen LogP contribution in [0.25, 0.3) is 0 Å². The molecule has 1 saturated carbocycles. The average Bonchev–Trinajstić information content (AvgIpc) is 3.17. The van der Waals surface area contributed by atoms with Gasteiger partial charge in [-0.2, -0.15) is 0 Å². The van der Waals surface area contributed by atoms with Crippen LogP contribution in [0.4, 0.5) is 0 Å². The highest BCUT2D eigenvalue weighted by molar-refractivity contribution is 5.76. The monoisotopic (exact) mass is 258 g/mol. The molecule has 1 amide bonds. The summed E-state index contributed by atoms with van der Waals surface area (Å²) in [5.41, 5.74) is 0. The number of nitrogens with zero attached hydrogens (tertiary/aromatic N) is 1. The second kappa shape index (κ2) is 9.30. The van der Waals surface area contributed by atoms with E-state index in [4.69, 9.17) is 9.47 Å². The molecule has 0 unspecified atom stereocenters. The van der Waals surface area contributed by atoms with E-state index in [0.717, 1.165) is 19.5 Å². The zero-order valence-electron chi connectivity index (χ0n) is 11.6. The van der Waals surface area contributed by atoms with Gasteiger partial charge in [0.05, 0.1) is 6.61 Å². The maximum atomic E-state index is 12.0. The zero-order chi connectivity index (χ0) is 13.2. The van der Waals surface area contributed by atoms with Crippen molar-refractivity contribution in [1.82, 2.24) is 10.2 Å². The molecule has 1 rings (SSSR count). The lowest BCUT2D eigenvalue weighted by Gasteiger charge is -2.22. The SMILES string of the molecule is COCCCN(CCOC)C(=O)CCNC1CC1. The Hall–Kier alpha value is -0.650. The summed E-state index contributed by atoms with van der Waals surface area (Å²) < 4.78 is 10.1. The molecule has 0 aromatic rings. The molecule has 0 saturated heterocycles. The third kappa shape index (κ3) is 6.93. The van der Waals surface area contributed by atoms with E-state index in [2.05, 4.69) is 5.32 Å². The maximum Gasteiger partial charge on any atom is 0.223 e. The molecule has 0 heterocycles. The minimum atomic E-state index is 0.205. The van der Waals surface area contributed by atoms with Gasteiger partial charge in [0, 0.05) is 52.9 Å². The predicted octanol–water partition coefficient (Wildman–Crippen LogP) is 0.640. The fourth-order valence-corrected chi connectivity index (χ4v) is 1.79. The molecule has 0 aromatic carbocycles. The molecule has 1 N–H and O–H groups in total. The lowest BCUT2D eigenvalue weighted by atomic mass is 10.3. The Kier molecular flexibility index (Phi) is 7.96. The Morgan fingerprint density at radius 3 is 2.56 bits per heavy atom. The highest BCUT2D eigenvalue weighted by Gasteiger charge is 2.21. The first-order valence-electron chi connectivity index (χ1n) is 6.77. The van der Waals surface area contributed by atoms with Crippen LogP contribution in [0, 0.1) is 0 Å². The Balaban J connectivity index is 2.18. The third-order valence-corrected chi connectivity index (χ3v) is 3.04. The van der Waals surface area contributed by atoms with Crippen molar-refractivity contribution in [1.29, 1.82) is 0 Å². The van der Waals surface area contributed by atoms with Crippen LogP contribution in [-0.4, -0.2) is 63.9 Å². The Bertz CT molecular complexity index is 232. The number of methoxy groups -OCH3 is 2. The lowest BCUT2D eigenvalue weighted by Crippen LogP contribution is -2.37. The third-order valence-electron chi connectivity index (χ3n) is 3.04. The summed E-state index contributed by atoms with van der Waals surface area (Å²) in [6.07, 6.45) is 3.97. The Labute approximate surface area is 110 Å². The van der Waals surface area contributed by atoms with E-state index in [1.807, 2.05) is 4.90 Å². The molecule has 1 aliphatic rings. The molecular formula is C13H26N2O3. The van der Waals surface area contributed by atoms with Crippen molar-refractivity contribution in [3.8, 4) is 0 Å². The molecule has 1 fully saturated rings. The molecule has 1 aliphatic carbocycles. The van der Waals surface area contributed by atoms with Gasteiger partial charge < -0.3 is 19.7 Å². The van der Waals surface area contributed by atoms with Gasteiger partial charge >= 0.3 is 0 Å². The fraction of sp³-hybridized carbons (Fsp3) is 0.923. The highest BCUT2D eigenvalue weighted by Crippen LogP contribution is 2.18. The van der Waals surface area contributed by atoms with Crippen molar-refractivity contribution < 1.29 is 14.3 Å². The molecule has 0 bridgehead atoms. The molecular weight excluding hydrogens is 232 g/mol. The summed E-state index contributed by atoms with van der Waals surface area (Å²) in [7, 11) is 3.34. The van der Waals surface area contributed by atoms with Crippen molar-refractivity contribution in [2.24, 2.45) is 0 Å².